The Bertz CT molecular complexity index is 824. The van der Waals surface area contributed by atoms with E-state index in [1.165, 1.54) is 39.7 Å². The summed E-state index contributed by atoms with van der Waals surface area (Å²) in [5.41, 5.74) is 0.418. The maximum atomic E-state index is 12.2. The quantitative estimate of drug-likeness (QED) is 0.351. The monoisotopic (exact) mass is 490 g/mol. The average Bonchev–Trinajstić information content (AvgIpc) is 3.14. The van der Waals surface area contributed by atoms with Crippen molar-refractivity contribution < 1.29 is 28.6 Å². The van der Waals surface area contributed by atoms with Gasteiger partial charge in [0.1, 0.15) is 12.2 Å². The highest BCUT2D eigenvalue weighted by Gasteiger charge is 2.63. The molecule has 0 aromatic rings. The topological polar surface area (TPSA) is 78.9 Å². The van der Waals surface area contributed by atoms with Crippen molar-refractivity contribution in [2.24, 2.45) is 46.3 Å². The van der Waals surface area contributed by atoms with Crippen LogP contribution in [0.1, 0.15) is 98.8 Å². The van der Waals surface area contributed by atoms with E-state index in [0.29, 0.717) is 41.9 Å². The normalized spacial score (nSPS) is 43.2. The van der Waals surface area contributed by atoms with Gasteiger partial charge >= 0.3 is 17.9 Å². The molecule has 198 valence electrons. The van der Waals surface area contributed by atoms with Gasteiger partial charge in [0.2, 0.25) is 0 Å². The predicted octanol–water partition coefficient (Wildman–Crippen LogP) is 5.71. The third-order valence-electron chi connectivity index (χ3n) is 11.1. The van der Waals surface area contributed by atoms with E-state index in [0.717, 1.165) is 32.1 Å². The number of methoxy groups -OCH3 is 1. The summed E-state index contributed by atoms with van der Waals surface area (Å²) in [5, 5.41) is 0. The molecule has 0 aliphatic heterocycles. The third-order valence-corrected chi connectivity index (χ3v) is 11.1. The van der Waals surface area contributed by atoms with Crippen molar-refractivity contribution in [1.29, 1.82) is 0 Å². The summed E-state index contributed by atoms with van der Waals surface area (Å²) in [6, 6.07) is 0. The Balaban J connectivity index is 1.57. The van der Waals surface area contributed by atoms with Gasteiger partial charge in [-0.2, -0.15) is 0 Å². The summed E-state index contributed by atoms with van der Waals surface area (Å²) in [5.74, 6) is 2.43. The molecular weight excluding hydrogens is 444 g/mol. The third kappa shape index (κ3) is 4.87. The lowest BCUT2D eigenvalue weighted by Gasteiger charge is -2.62. The van der Waals surface area contributed by atoms with Crippen LogP contribution in [0.3, 0.4) is 0 Å². The fourth-order valence-electron chi connectivity index (χ4n) is 9.46. The van der Waals surface area contributed by atoms with Gasteiger partial charge in [-0.15, -0.1) is 0 Å². The molecule has 0 N–H and O–H groups in total. The molecule has 0 aromatic heterocycles. The van der Waals surface area contributed by atoms with Crippen LogP contribution in [0.2, 0.25) is 0 Å². The first-order valence-corrected chi connectivity index (χ1v) is 13.9. The Kier molecular flexibility index (Phi) is 7.60. The molecule has 6 nitrogen and oxygen atoms in total. The second kappa shape index (κ2) is 10.0. The summed E-state index contributed by atoms with van der Waals surface area (Å²) >= 11 is 0. The van der Waals surface area contributed by atoms with Gasteiger partial charge in [-0.25, -0.2) is 0 Å². The fourth-order valence-corrected chi connectivity index (χ4v) is 9.46. The molecule has 4 aliphatic rings. The maximum absolute atomic E-state index is 12.2. The predicted molar refractivity (Wildman–Crippen MR) is 132 cm³/mol. The molecule has 0 bridgehead atoms. The van der Waals surface area contributed by atoms with Crippen LogP contribution in [0.25, 0.3) is 0 Å². The molecule has 4 aliphatic carbocycles. The lowest BCUT2D eigenvalue weighted by molar-refractivity contribution is -0.197. The van der Waals surface area contributed by atoms with E-state index in [1.807, 2.05) is 0 Å². The lowest BCUT2D eigenvalue weighted by atomic mass is 9.43. The van der Waals surface area contributed by atoms with Crippen molar-refractivity contribution >= 4 is 17.9 Å². The fraction of sp³-hybridized carbons (Fsp3) is 0.897. The Morgan fingerprint density at radius 3 is 2.20 bits per heavy atom. The van der Waals surface area contributed by atoms with Gasteiger partial charge in [-0.1, -0.05) is 20.8 Å². The number of carbonyl (C=O) groups is 3. The summed E-state index contributed by atoms with van der Waals surface area (Å²) in [4.78, 5) is 35.6. The van der Waals surface area contributed by atoms with E-state index >= 15 is 0 Å². The number of hydrogen-bond acceptors (Lipinski definition) is 6. The molecule has 4 saturated carbocycles. The Morgan fingerprint density at radius 1 is 0.886 bits per heavy atom. The smallest absolute Gasteiger partial charge is 0.305 e. The Hall–Kier alpha value is -1.59. The molecule has 0 aromatic carbocycles. The van der Waals surface area contributed by atoms with Crippen LogP contribution in [0.4, 0.5) is 0 Å². The molecule has 0 unspecified atom stereocenters. The summed E-state index contributed by atoms with van der Waals surface area (Å²) in [6.07, 6.45) is 9.80. The second-order valence-corrected chi connectivity index (χ2v) is 12.7. The first-order valence-electron chi connectivity index (χ1n) is 13.9. The van der Waals surface area contributed by atoms with Crippen molar-refractivity contribution in [3.63, 3.8) is 0 Å². The zero-order valence-corrected chi connectivity index (χ0v) is 22.6. The zero-order chi connectivity index (χ0) is 25.5. The molecular formula is C29H46O6. The molecule has 10 atom stereocenters. The molecule has 6 heteroatoms. The lowest BCUT2D eigenvalue weighted by Crippen LogP contribution is -2.59. The molecule has 4 rings (SSSR count). The molecule has 35 heavy (non-hydrogen) atoms. The largest absolute Gasteiger partial charge is 0.469 e. The van der Waals surface area contributed by atoms with Crippen molar-refractivity contribution in [1.82, 2.24) is 0 Å². The van der Waals surface area contributed by atoms with Crippen molar-refractivity contribution in [3.8, 4) is 0 Å². The van der Waals surface area contributed by atoms with Crippen LogP contribution in [0.15, 0.2) is 0 Å². The standard InChI is InChI=1S/C29H46O6/c1-17(7-10-26(32)33-6)22-8-9-23-27-24(12-14-29(22,23)5)28(4)13-11-21(34-18(2)30)15-20(28)16-25(27)35-19(3)31/h17,20-25,27H,7-16H2,1-6H3/t17-,20+,21-,22+,23-,24-,25+,27-,28-,29+/m0/s1. The zero-order valence-electron chi connectivity index (χ0n) is 22.6. The highest BCUT2D eigenvalue weighted by atomic mass is 16.5. The van der Waals surface area contributed by atoms with Gasteiger partial charge in [-0.05, 0) is 98.2 Å². The minimum absolute atomic E-state index is 0.0134. The minimum atomic E-state index is -0.199. The van der Waals surface area contributed by atoms with Crippen LogP contribution < -0.4 is 0 Å². The first-order chi connectivity index (χ1) is 16.5. The van der Waals surface area contributed by atoms with Crippen molar-refractivity contribution in [3.05, 3.63) is 0 Å². The van der Waals surface area contributed by atoms with E-state index in [9.17, 15) is 14.4 Å². The van der Waals surface area contributed by atoms with E-state index < -0.39 is 0 Å². The second-order valence-electron chi connectivity index (χ2n) is 12.7. The average molecular weight is 491 g/mol. The minimum Gasteiger partial charge on any atom is -0.469 e. The molecule has 0 spiro atoms. The summed E-state index contributed by atoms with van der Waals surface area (Å²) < 4.78 is 16.6. The van der Waals surface area contributed by atoms with Gasteiger partial charge in [0.05, 0.1) is 7.11 Å². The highest BCUT2D eigenvalue weighted by Crippen LogP contribution is 2.68. The van der Waals surface area contributed by atoms with E-state index in [2.05, 4.69) is 20.8 Å². The van der Waals surface area contributed by atoms with Crippen LogP contribution in [0, 0.1) is 46.3 Å². The molecule has 0 heterocycles. The first kappa shape index (κ1) is 26.5. The summed E-state index contributed by atoms with van der Waals surface area (Å²) in [6.45, 7) is 10.3. The van der Waals surface area contributed by atoms with Crippen LogP contribution in [-0.4, -0.2) is 37.2 Å². The molecule has 4 fully saturated rings. The van der Waals surface area contributed by atoms with Crippen molar-refractivity contribution in [2.75, 3.05) is 7.11 Å². The number of rotatable bonds is 6. The van der Waals surface area contributed by atoms with Gasteiger partial charge < -0.3 is 14.2 Å². The SMILES string of the molecule is COC(=O)CC[C@H](C)[C@H]1CC[C@H]2[C@@H]3[C@H](OC(C)=O)C[C@H]4C[C@@H](OC(C)=O)CC[C@]4(C)[C@H]3CC[C@]12C. The number of fused-ring (bicyclic) bond motifs is 5. The molecule has 0 amide bonds. The van der Waals surface area contributed by atoms with Gasteiger partial charge in [-0.3, -0.25) is 14.4 Å². The van der Waals surface area contributed by atoms with Crippen molar-refractivity contribution in [2.45, 2.75) is 111 Å². The summed E-state index contributed by atoms with van der Waals surface area (Å²) in [7, 11) is 1.47. The number of ether oxygens (including phenoxy) is 3. The Morgan fingerprint density at radius 2 is 1.54 bits per heavy atom. The number of esters is 3. The van der Waals surface area contributed by atoms with E-state index in [-0.39, 0.29) is 40.9 Å². The van der Waals surface area contributed by atoms with Gasteiger partial charge in [0, 0.05) is 26.2 Å². The highest BCUT2D eigenvalue weighted by molar-refractivity contribution is 5.69. The molecule has 0 radical (unpaired) electrons. The van der Waals surface area contributed by atoms with E-state index in [1.54, 1.807) is 6.92 Å². The van der Waals surface area contributed by atoms with Crippen LogP contribution >= 0.6 is 0 Å². The van der Waals surface area contributed by atoms with Gasteiger partial charge in [0.25, 0.3) is 0 Å². The molecule has 0 saturated heterocycles. The van der Waals surface area contributed by atoms with Crippen LogP contribution in [0.5, 0.6) is 0 Å². The Labute approximate surface area is 211 Å². The van der Waals surface area contributed by atoms with E-state index in [4.69, 9.17) is 14.2 Å². The number of carbonyl (C=O) groups excluding carboxylic acids is 3. The van der Waals surface area contributed by atoms with Crippen LogP contribution in [-0.2, 0) is 28.6 Å². The maximum Gasteiger partial charge on any atom is 0.305 e. The number of hydrogen-bond donors (Lipinski definition) is 0. The van der Waals surface area contributed by atoms with Gasteiger partial charge in [0.15, 0.2) is 0 Å².